The van der Waals surface area contributed by atoms with Crippen molar-refractivity contribution in [2.45, 2.75) is 17.7 Å². The van der Waals surface area contributed by atoms with E-state index in [9.17, 15) is 9.59 Å². The van der Waals surface area contributed by atoms with E-state index in [4.69, 9.17) is 0 Å². The summed E-state index contributed by atoms with van der Waals surface area (Å²) in [6, 6.07) is 14.9. The molecule has 0 atom stereocenters. The lowest BCUT2D eigenvalue weighted by Gasteiger charge is -2.16. The summed E-state index contributed by atoms with van der Waals surface area (Å²) in [6.45, 7) is 0.742. The molecule has 1 aliphatic heterocycles. The van der Waals surface area contributed by atoms with Crippen LogP contribution in [0.2, 0.25) is 0 Å². The van der Waals surface area contributed by atoms with Crippen LogP contribution in [0.15, 0.2) is 53.4 Å². The van der Waals surface area contributed by atoms with Gasteiger partial charge >= 0.3 is 0 Å². The standard InChI is InChI=1S/C18H18N2O2S/c1-23-16-9-7-13(8-10-16)18(22)19-14-4-2-5-15(12-14)20-11-3-6-17(20)21/h2,4-5,7-10,12H,3,6,11H2,1H3,(H,19,22). The van der Waals surface area contributed by atoms with Crippen LogP contribution in [0.1, 0.15) is 23.2 Å². The predicted molar refractivity (Wildman–Crippen MR) is 94.2 cm³/mol. The Balaban J connectivity index is 1.74. The number of rotatable bonds is 4. The Morgan fingerprint density at radius 3 is 2.61 bits per heavy atom. The SMILES string of the molecule is CSc1ccc(C(=O)Nc2cccc(N3CCCC3=O)c2)cc1. The maximum atomic E-state index is 12.3. The van der Waals surface area contributed by atoms with Gasteiger partial charge in [-0.15, -0.1) is 11.8 Å². The molecule has 118 valence electrons. The van der Waals surface area contributed by atoms with Crippen LogP contribution in [0, 0.1) is 0 Å². The normalized spacial score (nSPS) is 14.1. The van der Waals surface area contributed by atoms with Crippen LogP contribution in [0.3, 0.4) is 0 Å². The third-order valence-corrected chi connectivity index (χ3v) is 4.58. The van der Waals surface area contributed by atoms with Gasteiger partial charge in [0, 0.05) is 34.8 Å². The molecule has 1 saturated heterocycles. The molecule has 3 rings (SSSR count). The van der Waals surface area contributed by atoms with Gasteiger partial charge in [0.25, 0.3) is 5.91 Å². The molecule has 0 aromatic heterocycles. The Morgan fingerprint density at radius 1 is 1.17 bits per heavy atom. The molecule has 1 fully saturated rings. The van der Waals surface area contributed by atoms with Gasteiger partial charge in [0.1, 0.15) is 0 Å². The molecule has 4 nitrogen and oxygen atoms in total. The zero-order valence-electron chi connectivity index (χ0n) is 12.9. The van der Waals surface area contributed by atoms with E-state index in [2.05, 4.69) is 5.32 Å². The van der Waals surface area contributed by atoms with E-state index in [-0.39, 0.29) is 11.8 Å². The molecule has 0 bridgehead atoms. The summed E-state index contributed by atoms with van der Waals surface area (Å²) in [5, 5.41) is 2.89. The number of carbonyl (C=O) groups excluding carboxylic acids is 2. The molecule has 0 saturated carbocycles. The fraction of sp³-hybridized carbons (Fsp3) is 0.222. The number of anilines is 2. The Kier molecular flexibility index (Phi) is 4.67. The highest BCUT2D eigenvalue weighted by Crippen LogP contribution is 2.24. The van der Waals surface area contributed by atoms with E-state index in [0.717, 1.165) is 23.5 Å². The molecule has 0 spiro atoms. The number of amides is 2. The van der Waals surface area contributed by atoms with Gasteiger partial charge in [-0.25, -0.2) is 0 Å². The summed E-state index contributed by atoms with van der Waals surface area (Å²) in [6.07, 6.45) is 3.48. The summed E-state index contributed by atoms with van der Waals surface area (Å²) in [5.74, 6) is -0.0105. The third kappa shape index (κ3) is 3.56. The van der Waals surface area contributed by atoms with Gasteiger partial charge in [0.05, 0.1) is 0 Å². The maximum absolute atomic E-state index is 12.3. The molecular formula is C18H18N2O2S. The molecule has 5 heteroatoms. The van der Waals surface area contributed by atoms with E-state index in [1.165, 1.54) is 0 Å². The molecule has 1 heterocycles. The first-order valence-corrected chi connectivity index (χ1v) is 8.76. The van der Waals surface area contributed by atoms with Crippen molar-refractivity contribution in [3.63, 3.8) is 0 Å². The number of benzene rings is 2. The molecule has 2 amide bonds. The van der Waals surface area contributed by atoms with Gasteiger partial charge in [0.2, 0.25) is 5.91 Å². The van der Waals surface area contributed by atoms with Crippen molar-refractivity contribution >= 4 is 35.0 Å². The number of nitrogens with one attached hydrogen (secondary N) is 1. The van der Waals surface area contributed by atoms with Crippen LogP contribution in [-0.4, -0.2) is 24.6 Å². The molecule has 23 heavy (non-hydrogen) atoms. The summed E-state index contributed by atoms with van der Waals surface area (Å²) in [7, 11) is 0. The van der Waals surface area contributed by atoms with E-state index in [0.29, 0.717) is 17.7 Å². The van der Waals surface area contributed by atoms with Gasteiger partial charge in [-0.1, -0.05) is 6.07 Å². The Hall–Kier alpha value is -2.27. The zero-order chi connectivity index (χ0) is 16.2. The van der Waals surface area contributed by atoms with Crippen LogP contribution in [0.25, 0.3) is 0 Å². The van der Waals surface area contributed by atoms with Gasteiger partial charge < -0.3 is 10.2 Å². The number of thioether (sulfide) groups is 1. The third-order valence-electron chi connectivity index (χ3n) is 3.84. The van der Waals surface area contributed by atoms with E-state index in [1.54, 1.807) is 16.7 Å². The topological polar surface area (TPSA) is 49.4 Å². The molecule has 1 N–H and O–H groups in total. The monoisotopic (exact) mass is 326 g/mol. The second kappa shape index (κ2) is 6.87. The number of carbonyl (C=O) groups is 2. The van der Waals surface area contributed by atoms with E-state index in [1.807, 2.05) is 54.8 Å². The molecule has 0 radical (unpaired) electrons. The first-order valence-electron chi connectivity index (χ1n) is 7.53. The van der Waals surface area contributed by atoms with Crippen LogP contribution in [-0.2, 0) is 4.79 Å². The first-order chi connectivity index (χ1) is 11.2. The van der Waals surface area contributed by atoms with Crippen molar-refractivity contribution in [2.24, 2.45) is 0 Å². The number of nitrogens with zero attached hydrogens (tertiary/aromatic N) is 1. The second-order valence-corrected chi connectivity index (χ2v) is 6.26. The van der Waals surface area contributed by atoms with E-state index < -0.39 is 0 Å². The lowest BCUT2D eigenvalue weighted by atomic mass is 10.2. The zero-order valence-corrected chi connectivity index (χ0v) is 13.7. The molecule has 2 aromatic carbocycles. The number of hydrogen-bond acceptors (Lipinski definition) is 3. The Bertz CT molecular complexity index is 728. The molecule has 1 aliphatic rings. The fourth-order valence-corrected chi connectivity index (χ4v) is 3.03. The summed E-state index contributed by atoms with van der Waals surface area (Å²) < 4.78 is 0. The van der Waals surface area contributed by atoms with Gasteiger partial charge in [-0.3, -0.25) is 9.59 Å². The average molecular weight is 326 g/mol. The molecule has 0 unspecified atom stereocenters. The maximum Gasteiger partial charge on any atom is 0.255 e. The molecule has 2 aromatic rings. The minimum atomic E-state index is -0.150. The fourth-order valence-electron chi connectivity index (χ4n) is 2.62. The van der Waals surface area contributed by atoms with Gasteiger partial charge in [-0.05, 0) is 55.1 Å². The second-order valence-electron chi connectivity index (χ2n) is 5.38. The van der Waals surface area contributed by atoms with Crippen molar-refractivity contribution < 1.29 is 9.59 Å². The lowest BCUT2D eigenvalue weighted by Crippen LogP contribution is -2.23. The first kappa shape index (κ1) is 15.6. The van der Waals surface area contributed by atoms with Crippen molar-refractivity contribution in [1.82, 2.24) is 0 Å². The summed E-state index contributed by atoms with van der Waals surface area (Å²) in [5.41, 5.74) is 2.15. The van der Waals surface area contributed by atoms with Crippen molar-refractivity contribution in [3.05, 3.63) is 54.1 Å². The smallest absolute Gasteiger partial charge is 0.255 e. The largest absolute Gasteiger partial charge is 0.322 e. The molecule has 0 aliphatic carbocycles. The quantitative estimate of drug-likeness (QED) is 0.870. The summed E-state index contributed by atoms with van der Waals surface area (Å²) in [4.78, 5) is 27.0. The molecular weight excluding hydrogens is 308 g/mol. The van der Waals surface area contributed by atoms with Crippen LogP contribution < -0.4 is 10.2 Å². The minimum absolute atomic E-state index is 0.140. The Morgan fingerprint density at radius 2 is 1.96 bits per heavy atom. The van der Waals surface area contributed by atoms with Crippen molar-refractivity contribution in [1.29, 1.82) is 0 Å². The van der Waals surface area contributed by atoms with Gasteiger partial charge in [-0.2, -0.15) is 0 Å². The number of hydrogen-bond donors (Lipinski definition) is 1. The van der Waals surface area contributed by atoms with E-state index >= 15 is 0 Å². The lowest BCUT2D eigenvalue weighted by molar-refractivity contribution is -0.117. The van der Waals surface area contributed by atoms with Crippen LogP contribution in [0.4, 0.5) is 11.4 Å². The predicted octanol–water partition coefficient (Wildman–Crippen LogP) is 3.79. The van der Waals surface area contributed by atoms with Crippen LogP contribution >= 0.6 is 11.8 Å². The minimum Gasteiger partial charge on any atom is -0.322 e. The Labute approximate surface area is 139 Å². The average Bonchev–Trinajstić information content (AvgIpc) is 3.01. The van der Waals surface area contributed by atoms with Crippen molar-refractivity contribution in [3.8, 4) is 0 Å². The highest BCUT2D eigenvalue weighted by Gasteiger charge is 2.21. The van der Waals surface area contributed by atoms with Crippen molar-refractivity contribution in [2.75, 3.05) is 23.0 Å². The summed E-state index contributed by atoms with van der Waals surface area (Å²) >= 11 is 1.64. The highest BCUT2D eigenvalue weighted by molar-refractivity contribution is 7.98. The highest BCUT2D eigenvalue weighted by atomic mass is 32.2. The van der Waals surface area contributed by atoms with Gasteiger partial charge in [0.15, 0.2) is 0 Å². The van der Waals surface area contributed by atoms with Crippen LogP contribution in [0.5, 0.6) is 0 Å².